The van der Waals surface area contributed by atoms with E-state index in [1.807, 2.05) is 6.20 Å². The van der Waals surface area contributed by atoms with Crippen LogP contribution in [0.15, 0.2) is 158 Å². The molecule has 0 bridgehead atoms. The molecule has 0 unspecified atom stereocenters. The zero-order valence-corrected chi connectivity index (χ0v) is 51.0. The minimum absolute atomic E-state index is 0. The van der Waals surface area contributed by atoms with Crippen molar-refractivity contribution in [1.82, 2.24) is 14.5 Å². The maximum atomic E-state index is 12.8. The molecule has 0 radical (unpaired) electrons. The Morgan fingerprint density at radius 3 is 1.68 bits per heavy atom. The number of phenolic OH excluding ortho intramolecular Hbond substituents is 1. The Hall–Kier alpha value is -5.59. The maximum absolute atomic E-state index is 12.8. The summed E-state index contributed by atoms with van der Waals surface area (Å²) < 4.78 is 3.72. The second-order valence-electron chi connectivity index (χ2n) is 25.0. The molecular weight excluding hydrogens is 1150 g/mol. The summed E-state index contributed by atoms with van der Waals surface area (Å²) >= 11 is -2.65. The van der Waals surface area contributed by atoms with Crippen LogP contribution in [0.5, 0.6) is 5.75 Å². The molecule has 9 rings (SSSR count). The first-order valence-corrected chi connectivity index (χ1v) is 36.5. The number of rotatable bonds is 9. The molecule has 7 heteroatoms. The summed E-state index contributed by atoms with van der Waals surface area (Å²) in [4.78, 5) is 10.8. The van der Waals surface area contributed by atoms with Gasteiger partial charge < -0.3 is 0 Å². The number of hydrogen-bond donors (Lipinski definition) is 1. The smallest absolute Gasteiger partial charge is 0 e. The van der Waals surface area contributed by atoms with Gasteiger partial charge in [0, 0.05) is 21.1 Å². The Morgan fingerprint density at radius 2 is 1.10 bits per heavy atom. The van der Waals surface area contributed by atoms with Gasteiger partial charge in [0.2, 0.25) is 0 Å². The third-order valence-corrected chi connectivity index (χ3v) is 20.5. The molecule has 0 amide bonds. The van der Waals surface area contributed by atoms with Gasteiger partial charge in [0.15, 0.2) is 0 Å². The van der Waals surface area contributed by atoms with E-state index < -0.39 is 21.3 Å². The van der Waals surface area contributed by atoms with Crippen LogP contribution in [0.1, 0.15) is 79.0 Å². The Kier molecular flexibility index (Phi) is 14.7. The summed E-state index contributed by atoms with van der Waals surface area (Å²) in [7, 11) is -1.50. The molecule has 4 nitrogen and oxygen atoms in total. The Morgan fingerprint density at radius 1 is 0.534 bits per heavy atom. The van der Waals surface area contributed by atoms with Crippen molar-refractivity contribution in [2.24, 2.45) is 0 Å². The SMILES string of the molecule is CC(C)(C)c1cc(-c2cc(-c3ccccc3)ccn2)[c-]c(-c2c[c]([Ge]([CH3])([CH3])[CH3])cc3c2nc(-c2cc(C(C)(C)C)cc(C(C)(C)C)c2O)n3-c2ccc(-c3ccc([Si](C)(C)C)cc3)cc2-c2ccccc2)c1.[Pt]. The zero-order chi connectivity index (χ0) is 51.7. The van der Waals surface area contributed by atoms with Gasteiger partial charge in [-0.2, -0.15) is 0 Å². The van der Waals surface area contributed by atoms with Crippen LogP contribution in [0, 0.1) is 6.07 Å². The Bertz CT molecular complexity index is 3470. The minimum atomic E-state index is -2.65. The molecule has 0 spiro atoms. The molecule has 73 heavy (non-hydrogen) atoms. The molecule has 2 heterocycles. The number of phenols is 1. The van der Waals surface area contributed by atoms with E-state index in [-0.39, 0.29) is 43.1 Å². The number of imidazole rings is 1. The van der Waals surface area contributed by atoms with Gasteiger partial charge in [-0.3, -0.25) is 0 Å². The predicted octanol–water partition coefficient (Wildman–Crippen LogP) is 16.9. The summed E-state index contributed by atoms with van der Waals surface area (Å²) in [6.45, 7) is 27.3. The van der Waals surface area contributed by atoms with Crippen LogP contribution in [0.25, 0.3) is 83.9 Å². The number of benzene rings is 7. The molecule has 9 aromatic rings. The minimum Gasteiger partial charge on any atom is 0 e. The summed E-state index contributed by atoms with van der Waals surface area (Å²) in [5, 5.41) is 14.3. The summed E-state index contributed by atoms with van der Waals surface area (Å²) in [5.41, 5.74) is 16.7. The standard InChI is InChI=1S/C66H72GeN3OSi.Pt/c1-64(2,3)50-35-48(34-49(36-50)58-38-47(32-33-68-58)43-22-18-16-19-23-43)55-41-52(67(10,11)12)42-60-61(55)69-63(56-39-51(65(4,5)6)40-57(62(56)71)66(7,8)9)70(60)59-31-28-46(37-54(59)45-24-20-17-21-25-45)44-26-29-53(30-27-44)72(13,14)15;/h16-33,35-42,71H,1-15H3;/q-1;. The molecule has 0 fully saturated rings. The summed E-state index contributed by atoms with van der Waals surface area (Å²) in [6.07, 6.45) is 1.91. The summed E-state index contributed by atoms with van der Waals surface area (Å²) in [6, 6.07) is 59.4. The van der Waals surface area contributed by atoms with Crippen LogP contribution >= 0.6 is 0 Å². The van der Waals surface area contributed by atoms with Crippen molar-refractivity contribution in [3.8, 4) is 78.6 Å². The van der Waals surface area contributed by atoms with E-state index in [0.29, 0.717) is 11.4 Å². The first-order valence-electron chi connectivity index (χ1n) is 25.6. The van der Waals surface area contributed by atoms with E-state index >= 15 is 0 Å². The van der Waals surface area contributed by atoms with Gasteiger partial charge in [0.25, 0.3) is 0 Å². The number of nitrogens with zero attached hydrogens (tertiary/aromatic N) is 3. The van der Waals surface area contributed by atoms with Crippen LogP contribution in [0.4, 0.5) is 0 Å². The van der Waals surface area contributed by atoms with Crippen LogP contribution in [0.3, 0.4) is 0 Å². The molecule has 0 aliphatic heterocycles. The first kappa shape index (κ1) is 53.7. The van der Waals surface area contributed by atoms with Gasteiger partial charge >= 0.3 is 402 Å². The Labute approximate surface area is 454 Å². The molecule has 376 valence electrons. The molecule has 0 aliphatic carbocycles. The van der Waals surface area contributed by atoms with Crippen molar-refractivity contribution in [2.45, 2.75) is 115 Å². The van der Waals surface area contributed by atoms with Crippen molar-refractivity contribution in [3.63, 3.8) is 0 Å². The zero-order valence-electron chi connectivity index (χ0n) is 45.6. The Balaban J connectivity index is 0.00000711. The second-order valence-corrected chi connectivity index (χ2v) is 40.7. The quantitative estimate of drug-likeness (QED) is 0.116. The van der Waals surface area contributed by atoms with E-state index in [1.54, 1.807) is 0 Å². The fourth-order valence-electron chi connectivity index (χ4n) is 9.65. The topological polar surface area (TPSA) is 50.9 Å². The van der Waals surface area contributed by atoms with Gasteiger partial charge in [0.05, 0.1) is 8.07 Å². The number of pyridine rings is 1. The van der Waals surface area contributed by atoms with Crippen molar-refractivity contribution in [1.29, 1.82) is 0 Å². The molecule has 1 N–H and O–H groups in total. The van der Waals surface area contributed by atoms with Crippen LogP contribution in [-0.4, -0.2) is 41.0 Å². The van der Waals surface area contributed by atoms with E-state index in [0.717, 1.165) is 78.0 Å². The maximum Gasteiger partial charge on any atom is 0 e. The van der Waals surface area contributed by atoms with Gasteiger partial charge in [-0.25, -0.2) is 0 Å². The van der Waals surface area contributed by atoms with Crippen molar-refractivity contribution < 1.29 is 26.2 Å². The molecule has 0 atom stereocenters. The molecule has 0 aliphatic rings. The van der Waals surface area contributed by atoms with Crippen molar-refractivity contribution >= 4 is 42.0 Å². The van der Waals surface area contributed by atoms with Crippen LogP contribution in [0.2, 0.25) is 36.9 Å². The molecular formula is C66H72GeN3OPtSi-. The molecule has 7 aromatic carbocycles. The number of aromatic hydroxyl groups is 1. The largest absolute Gasteiger partial charge is 0 e. The number of hydrogen-bond acceptors (Lipinski definition) is 3. The van der Waals surface area contributed by atoms with Gasteiger partial charge in [-0.05, 0) is 0 Å². The average molecular weight is 1220 g/mol. The van der Waals surface area contributed by atoms with Crippen LogP contribution in [-0.2, 0) is 37.3 Å². The van der Waals surface area contributed by atoms with E-state index in [2.05, 4.69) is 262 Å². The molecule has 0 saturated carbocycles. The van der Waals surface area contributed by atoms with Crippen LogP contribution < -0.4 is 9.58 Å². The van der Waals surface area contributed by atoms with Gasteiger partial charge in [-0.1, -0.05) is 25.7 Å². The van der Waals surface area contributed by atoms with E-state index in [1.165, 1.54) is 20.7 Å². The molecule has 0 saturated heterocycles. The van der Waals surface area contributed by atoms with E-state index in [9.17, 15) is 5.11 Å². The third-order valence-electron chi connectivity index (χ3n) is 14.2. The predicted molar refractivity (Wildman–Crippen MR) is 314 cm³/mol. The fourth-order valence-corrected chi connectivity index (χ4v) is 13.2. The van der Waals surface area contributed by atoms with Crippen molar-refractivity contribution in [2.75, 3.05) is 0 Å². The first-order chi connectivity index (χ1) is 33.8. The van der Waals surface area contributed by atoms with Gasteiger partial charge in [-0.15, -0.1) is 0 Å². The summed E-state index contributed by atoms with van der Waals surface area (Å²) in [5.74, 6) is 8.37. The second kappa shape index (κ2) is 19.9. The normalized spacial score (nSPS) is 12.5. The van der Waals surface area contributed by atoms with Gasteiger partial charge in [0.1, 0.15) is 0 Å². The average Bonchev–Trinajstić information content (AvgIpc) is 3.71. The molecule has 2 aromatic heterocycles. The monoisotopic (exact) mass is 1220 g/mol. The fraction of sp³-hybridized carbons (Fsp3) is 0.273. The number of fused-ring (bicyclic) bond motifs is 1. The third kappa shape index (κ3) is 11.1. The number of aromatic nitrogens is 3. The van der Waals surface area contributed by atoms with Crippen molar-refractivity contribution in [3.05, 3.63) is 181 Å². The van der Waals surface area contributed by atoms with E-state index in [4.69, 9.17) is 9.97 Å².